The van der Waals surface area contributed by atoms with Crippen molar-refractivity contribution in [3.05, 3.63) is 59.9 Å². The van der Waals surface area contributed by atoms with Crippen LogP contribution in [0.3, 0.4) is 0 Å². The fourth-order valence-corrected chi connectivity index (χ4v) is 4.90. The molecule has 37 heavy (non-hydrogen) atoms. The van der Waals surface area contributed by atoms with Crippen LogP contribution in [0.25, 0.3) is 11.1 Å². The average molecular weight is 512 g/mol. The number of amides is 2. The van der Waals surface area contributed by atoms with Crippen molar-refractivity contribution < 1.29 is 23.9 Å². The number of benzene rings is 2. The van der Waals surface area contributed by atoms with Gasteiger partial charge in [-0.2, -0.15) is 0 Å². The van der Waals surface area contributed by atoms with Crippen molar-refractivity contribution >= 4 is 17.8 Å². The Morgan fingerprint density at radius 1 is 1.05 bits per heavy atom. The number of carbonyl (C=O) groups is 3. The van der Waals surface area contributed by atoms with Gasteiger partial charge in [-0.05, 0) is 67.3 Å². The first kappa shape index (κ1) is 28.3. The van der Waals surface area contributed by atoms with Crippen LogP contribution in [-0.2, 0) is 20.8 Å². The third kappa shape index (κ3) is 7.86. The summed E-state index contributed by atoms with van der Waals surface area (Å²) in [5, 5.41) is 13.9. The van der Waals surface area contributed by atoms with Crippen molar-refractivity contribution in [2.24, 2.45) is 11.8 Å². The van der Waals surface area contributed by atoms with Gasteiger partial charge in [-0.1, -0.05) is 56.2 Å². The molecule has 2 aromatic rings. The summed E-state index contributed by atoms with van der Waals surface area (Å²) in [6.07, 6.45) is 4.84. The lowest BCUT2D eigenvalue weighted by Crippen LogP contribution is -2.59. The number of hydrogen-bond acceptors (Lipinski definition) is 4. The number of carboxylic acid groups (broad SMARTS) is 1. The second-order valence-corrected chi connectivity index (χ2v) is 9.74. The molecule has 0 bridgehead atoms. The molecular weight excluding hydrogens is 473 g/mol. The maximum absolute atomic E-state index is 13.7. The molecule has 3 rings (SSSR count). The molecule has 3 N–H and O–H groups in total. The molecule has 0 aromatic heterocycles. The van der Waals surface area contributed by atoms with Gasteiger partial charge in [0.25, 0.3) is 0 Å². The van der Waals surface area contributed by atoms with Crippen LogP contribution in [0.15, 0.2) is 48.5 Å². The van der Waals surface area contributed by atoms with E-state index in [1.54, 1.807) is 19.2 Å². The topological polar surface area (TPSA) is 98.7 Å². The summed E-state index contributed by atoms with van der Waals surface area (Å²) in [6.45, 7) is 2.61. The normalized spacial score (nSPS) is 17.2. The molecule has 1 aliphatic heterocycles. The van der Waals surface area contributed by atoms with Crippen molar-refractivity contribution in [3.63, 3.8) is 0 Å². The van der Waals surface area contributed by atoms with E-state index in [-0.39, 0.29) is 24.1 Å². The summed E-state index contributed by atoms with van der Waals surface area (Å²) < 4.78 is 13.2. The Balaban J connectivity index is 1.77. The highest BCUT2D eigenvalue weighted by Gasteiger charge is 2.37. The molecule has 0 radical (unpaired) electrons. The van der Waals surface area contributed by atoms with Crippen LogP contribution in [0.4, 0.5) is 4.39 Å². The second kappa shape index (κ2) is 13.9. The molecule has 0 unspecified atom stereocenters. The largest absolute Gasteiger partial charge is 0.481 e. The number of aliphatic carboxylic acids is 1. The molecule has 1 saturated heterocycles. The molecule has 1 fully saturated rings. The van der Waals surface area contributed by atoms with Crippen LogP contribution < -0.4 is 10.7 Å². The van der Waals surface area contributed by atoms with Gasteiger partial charge in [-0.15, -0.1) is 0 Å². The summed E-state index contributed by atoms with van der Waals surface area (Å²) >= 11 is 0. The van der Waals surface area contributed by atoms with Gasteiger partial charge in [-0.25, -0.2) is 9.82 Å². The number of aryl methyl sites for hydroxylation is 1. The fraction of sp³-hybridized carbons (Fsp3) is 0.483. The minimum absolute atomic E-state index is 0.223. The van der Waals surface area contributed by atoms with E-state index >= 15 is 0 Å². The lowest BCUT2D eigenvalue weighted by Gasteiger charge is -2.37. The van der Waals surface area contributed by atoms with E-state index in [0.717, 1.165) is 36.0 Å². The van der Waals surface area contributed by atoms with Crippen LogP contribution in [-0.4, -0.2) is 47.5 Å². The highest BCUT2D eigenvalue weighted by molar-refractivity contribution is 5.88. The SMILES string of the molecule is CCCC[C@@H](C[C@@H](CCc1ccc(-c2ccc(F)cc2)cc1)C(=O)N1NCCC[C@H]1C(=O)NC)C(=O)O. The predicted molar refractivity (Wildman–Crippen MR) is 141 cm³/mol. The molecule has 0 aliphatic carbocycles. The van der Waals surface area contributed by atoms with E-state index < -0.39 is 23.8 Å². The van der Waals surface area contributed by atoms with Gasteiger partial charge in [0.15, 0.2) is 0 Å². The molecule has 0 saturated carbocycles. The van der Waals surface area contributed by atoms with Gasteiger partial charge in [0.1, 0.15) is 11.9 Å². The van der Waals surface area contributed by atoms with E-state index in [1.807, 2.05) is 31.2 Å². The Morgan fingerprint density at radius 2 is 1.70 bits per heavy atom. The van der Waals surface area contributed by atoms with Crippen molar-refractivity contribution in [2.75, 3.05) is 13.6 Å². The van der Waals surface area contributed by atoms with Gasteiger partial charge in [-0.3, -0.25) is 19.4 Å². The predicted octanol–water partition coefficient (Wildman–Crippen LogP) is 4.56. The van der Waals surface area contributed by atoms with E-state index in [0.29, 0.717) is 32.2 Å². The third-order valence-electron chi connectivity index (χ3n) is 7.12. The quantitative estimate of drug-likeness (QED) is 0.388. The van der Waals surface area contributed by atoms with Gasteiger partial charge in [0, 0.05) is 19.5 Å². The number of unbranched alkanes of at least 4 members (excludes halogenated alkanes) is 1. The lowest BCUT2D eigenvalue weighted by atomic mass is 9.85. The van der Waals surface area contributed by atoms with Crippen LogP contribution in [0.5, 0.6) is 0 Å². The number of carbonyl (C=O) groups excluding carboxylic acids is 2. The summed E-state index contributed by atoms with van der Waals surface area (Å²) in [5.74, 6) is -2.76. The maximum Gasteiger partial charge on any atom is 0.306 e. The first-order chi connectivity index (χ1) is 17.8. The summed E-state index contributed by atoms with van der Waals surface area (Å²) in [4.78, 5) is 38.2. The number of carboxylic acids is 1. The average Bonchev–Trinajstić information content (AvgIpc) is 2.92. The molecule has 2 amide bonds. The molecule has 3 atom stereocenters. The number of rotatable bonds is 12. The number of likely N-dealkylation sites (N-methyl/N-ethyl adjacent to an activating group) is 1. The molecule has 1 heterocycles. The molecule has 0 spiro atoms. The number of hydrazine groups is 1. The molecule has 200 valence electrons. The Bertz CT molecular complexity index is 1040. The number of halogens is 1. The zero-order valence-electron chi connectivity index (χ0n) is 21.7. The standard InChI is InChI=1S/C29H38FN3O4/c1-3-4-6-24(29(36)37)19-23(28(35)33-26(27(34)31-2)7-5-18-32-33)13-10-20-8-11-21(12-9-20)22-14-16-25(30)17-15-22/h8-9,11-12,14-17,23-24,26,32H,3-7,10,13,18-19H2,1-2H3,(H,31,34)(H,36,37)/t23-,24+,26+/m1/s1. The zero-order valence-corrected chi connectivity index (χ0v) is 21.7. The minimum Gasteiger partial charge on any atom is -0.481 e. The van der Waals surface area contributed by atoms with Crippen LogP contribution in [0, 0.1) is 17.7 Å². The number of hydrogen-bond donors (Lipinski definition) is 3. The van der Waals surface area contributed by atoms with Gasteiger partial charge >= 0.3 is 5.97 Å². The van der Waals surface area contributed by atoms with Crippen LogP contribution in [0.2, 0.25) is 0 Å². The Morgan fingerprint density at radius 3 is 2.30 bits per heavy atom. The third-order valence-corrected chi connectivity index (χ3v) is 7.12. The van der Waals surface area contributed by atoms with E-state index in [9.17, 15) is 23.9 Å². The summed E-state index contributed by atoms with van der Waals surface area (Å²) in [7, 11) is 1.55. The van der Waals surface area contributed by atoms with Crippen molar-refractivity contribution in [1.82, 2.24) is 15.8 Å². The van der Waals surface area contributed by atoms with Gasteiger partial charge < -0.3 is 10.4 Å². The van der Waals surface area contributed by atoms with Crippen molar-refractivity contribution in [2.45, 2.75) is 64.3 Å². The monoisotopic (exact) mass is 511 g/mol. The van der Waals surface area contributed by atoms with E-state index in [2.05, 4.69) is 10.7 Å². The maximum atomic E-state index is 13.7. The van der Waals surface area contributed by atoms with Crippen LogP contribution in [0.1, 0.15) is 57.4 Å². The van der Waals surface area contributed by atoms with Crippen molar-refractivity contribution in [1.29, 1.82) is 0 Å². The molecule has 8 heteroatoms. The van der Waals surface area contributed by atoms with Crippen LogP contribution >= 0.6 is 0 Å². The Labute approximate surface area is 218 Å². The number of nitrogens with one attached hydrogen (secondary N) is 2. The Hall–Kier alpha value is -3.26. The first-order valence-corrected chi connectivity index (χ1v) is 13.2. The smallest absolute Gasteiger partial charge is 0.306 e. The summed E-state index contributed by atoms with van der Waals surface area (Å²) in [5.41, 5.74) is 5.99. The molecule has 1 aliphatic rings. The molecule has 7 nitrogen and oxygen atoms in total. The highest BCUT2D eigenvalue weighted by Crippen LogP contribution is 2.27. The van der Waals surface area contributed by atoms with E-state index in [4.69, 9.17) is 0 Å². The van der Waals surface area contributed by atoms with E-state index in [1.165, 1.54) is 17.1 Å². The fourth-order valence-electron chi connectivity index (χ4n) is 4.90. The minimum atomic E-state index is -0.885. The lowest BCUT2D eigenvalue weighted by molar-refractivity contribution is -0.151. The van der Waals surface area contributed by atoms with Gasteiger partial charge in [0.05, 0.1) is 5.92 Å². The second-order valence-electron chi connectivity index (χ2n) is 9.74. The molecule has 2 aromatic carbocycles. The van der Waals surface area contributed by atoms with Gasteiger partial charge in [0.2, 0.25) is 11.8 Å². The Kier molecular flexibility index (Phi) is 10.6. The highest BCUT2D eigenvalue weighted by atomic mass is 19.1. The summed E-state index contributed by atoms with van der Waals surface area (Å²) in [6, 6.07) is 13.6. The molecular formula is C29H38FN3O4. The first-order valence-electron chi connectivity index (χ1n) is 13.2. The van der Waals surface area contributed by atoms with Crippen molar-refractivity contribution in [3.8, 4) is 11.1 Å². The zero-order chi connectivity index (χ0) is 26.8. The number of nitrogens with zero attached hydrogens (tertiary/aromatic N) is 1.